The summed E-state index contributed by atoms with van der Waals surface area (Å²) in [6.45, 7) is 3.92. The van der Waals surface area contributed by atoms with Crippen molar-refractivity contribution < 1.29 is 14.1 Å². The van der Waals surface area contributed by atoms with Crippen molar-refractivity contribution in [3.8, 4) is 0 Å². The Labute approximate surface area is 138 Å². The van der Waals surface area contributed by atoms with Gasteiger partial charge < -0.3 is 14.7 Å². The van der Waals surface area contributed by atoms with Crippen LogP contribution in [0.4, 0.5) is 5.69 Å². The van der Waals surface area contributed by atoms with Crippen molar-refractivity contribution in [3.05, 3.63) is 46.3 Å². The Morgan fingerprint density at radius 3 is 2.65 bits per heavy atom. The van der Waals surface area contributed by atoms with E-state index in [0.29, 0.717) is 35.0 Å². The molecule has 1 N–H and O–H groups in total. The summed E-state index contributed by atoms with van der Waals surface area (Å²) in [4.78, 5) is 26.5. The summed E-state index contributed by atoms with van der Waals surface area (Å²) < 4.78 is 4.99. The molecule has 0 spiro atoms. The topological polar surface area (TPSA) is 75.4 Å². The fourth-order valence-corrected chi connectivity index (χ4v) is 2.85. The van der Waals surface area contributed by atoms with Gasteiger partial charge in [-0.05, 0) is 44.5 Å². The second-order valence-corrected chi connectivity index (χ2v) is 5.92. The lowest BCUT2D eigenvalue weighted by Gasteiger charge is -2.17. The molecule has 0 aliphatic carbocycles. The minimum atomic E-state index is -0.549. The largest absolute Gasteiger partial charge is 0.361 e. The highest BCUT2D eigenvalue weighted by Gasteiger charge is 2.34. The Morgan fingerprint density at radius 1 is 1.35 bits per heavy atom. The second kappa shape index (κ2) is 6.04. The fraction of sp³-hybridized carbons (Fsp3) is 0.312. The van der Waals surface area contributed by atoms with E-state index in [2.05, 4.69) is 10.5 Å². The molecule has 1 atom stereocenters. The first-order valence-corrected chi connectivity index (χ1v) is 7.66. The number of carbonyl (C=O) groups is 2. The monoisotopic (exact) mass is 333 g/mol. The number of hydrogen-bond donors (Lipinski definition) is 1. The Kier molecular flexibility index (Phi) is 4.09. The number of halogens is 1. The number of rotatable bonds is 3. The Bertz CT molecular complexity index is 735. The van der Waals surface area contributed by atoms with Crippen LogP contribution in [0.15, 0.2) is 28.8 Å². The van der Waals surface area contributed by atoms with E-state index < -0.39 is 6.04 Å². The summed E-state index contributed by atoms with van der Waals surface area (Å²) in [5.41, 5.74) is 1.68. The SMILES string of the molecule is Cc1noc(C)c1C(=O)N[C@H]1CCN(c2ccc(Cl)cc2)C1=O. The molecule has 2 aromatic rings. The predicted molar refractivity (Wildman–Crippen MR) is 85.7 cm³/mol. The zero-order valence-electron chi connectivity index (χ0n) is 12.8. The molecule has 1 aromatic carbocycles. The lowest BCUT2D eigenvalue weighted by atomic mass is 10.1. The highest BCUT2D eigenvalue weighted by molar-refractivity contribution is 6.30. The number of aromatic nitrogens is 1. The fourth-order valence-electron chi connectivity index (χ4n) is 2.73. The third-order valence-electron chi connectivity index (χ3n) is 3.91. The molecular weight excluding hydrogens is 318 g/mol. The van der Waals surface area contributed by atoms with E-state index in [9.17, 15) is 9.59 Å². The van der Waals surface area contributed by atoms with Crippen LogP contribution in [-0.4, -0.2) is 29.6 Å². The quantitative estimate of drug-likeness (QED) is 0.936. The molecule has 1 aromatic heterocycles. The van der Waals surface area contributed by atoms with Gasteiger partial charge in [-0.2, -0.15) is 0 Å². The molecule has 23 heavy (non-hydrogen) atoms. The van der Waals surface area contributed by atoms with Gasteiger partial charge in [0.25, 0.3) is 5.91 Å². The molecule has 0 saturated carbocycles. The van der Waals surface area contributed by atoms with Gasteiger partial charge in [0.2, 0.25) is 5.91 Å². The lowest BCUT2D eigenvalue weighted by Crippen LogP contribution is -2.41. The highest BCUT2D eigenvalue weighted by atomic mass is 35.5. The molecule has 0 unspecified atom stereocenters. The zero-order valence-corrected chi connectivity index (χ0v) is 13.6. The highest BCUT2D eigenvalue weighted by Crippen LogP contribution is 2.24. The second-order valence-electron chi connectivity index (χ2n) is 5.48. The predicted octanol–water partition coefficient (Wildman–Crippen LogP) is 2.48. The van der Waals surface area contributed by atoms with Crippen molar-refractivity contribution >= 4 is 29.1 Å². The smallest absolute Gasteiger partial charge is 0.257 e. The summed E-state index contributed by atoms with van der Waals surface area (Å²) in [5, 5.41) is 7.14. The molecule has 6 nitrogen and oxygen atoms in total. The number of amides is 2. The number of nitrogens with zero attached hydrogens (tertiary/aromatic N) is 2. The van der Waals surface area contributed by atoms with E-state index >= 15 is 0 Å². The van der Waals surface area contributed by atoms with Crippen molar-refractivity contribution in [2.45, 2.75) is 26.3 Å². The third kappa shape index (κ3) is 2.94. The van der Waals surface area contributed by atoms with E-state index in [1.165, 1.54) is 0 Å². The number of aryl methyl sites for hydroxylation is 2. The Balaban J connectivity index is 1.72. The van der Waals surface area contributed by atoms with Crippen molar-refractivity contribution in [1.29, 1.82) is 0 Å². The van der Waals surface area contributed by atoms with Crippen molar-refractivity contribution in [2.75, 3.05) is 11.4 Å². The van der Waals surface area contributed by atoms with Gasteiger partial charge >= 0.3 is 0 Å². The first-order chi connectivity index (χ1) is 11.0. The van der Waals surface area contributed by atoms with E-state index in [0.717, 1.165) is 5.69 Å². The summed E-state index contributed by atoms with van der Waals surface area (Å²) in [5.74, 6) is -0.0232. The average molecular weight is 334 g/mol. The van der Waals surface area contributed by atoms with Gasteiger partial charge in [-0.3, -0.25) is 9.59 Å². The van der Waals surface area contributed by atoms with Gasteiger partial charge in [-0.15, -0.1) is 0 Å². The van der Waals surface area contributed by atoms with E-state index in [-0.39, 0.29) is 11.8 Å². The maximum absolute atomic E-state index is 12.5. The van der Waals surface area contributed by atoms with E-state index in [1.807, 2.05) is 0 Å². The van der Waals surface area contributed by atoms with Gasteiger partial charge in [-0.1, -0.05) is 16.8 Å². The molecule has 2 amide bonds. The Hall–Kier alpha value is -2.34. The number of benzene rings is 1. The van der Waals surface area contributed by atoms with Crippen LogP contribution in [-0.2, 0) is 4.79 Å². The first-order valence-electron chi connectivity index (χ1n) is 7.28. The van der Waals surface area contributed by atoms with Crippen LogP contribution in [0.2, 0.25) is 5.02 Å². The van der Waals surface area contributed by atoms with Crippen molar-refractivity contribution in [3.63, 3.8) is 0 Å². The molecule has 1 aliphatic rings. The van der Waals surface area contributed by atoms with Crippen molar-refractivity contribution in [2.24, 2.45) is 0 Å². The van der Waals surface area contributed by atoms with Gasteiger partial charge in [-0.25, -0.2) is 0 Å². The Morgan fingerprint density at radius 2 is 2.04 bits per heavy atom. The number of hydrogen-bond acceptors (Lipinski definition) is 4. The van der Waals surface area contributed by atoms with Crippen LogP contribution in [0.3, 0.4) is 0 Å². The lowest BCUT2D eigenvalue weighted by molar-refractivity contribution is -0.118. The maximum atomic E-state index is 12.5. The van der Waals surface area contributed by atoms with Crippen LogP contribution >= 0.6 is 11.6 Å². The molecule has 1 aliphatic heterocycles. The standard InChI is InChI=1S/C16H16ClN3O3/c1-9-14(10(2)23-19-9)15(21)18-13-7-8-20(16(13)22)12-5-3-11(17)4-6-12/h3-6,13H,7-8H2,1-2H3,(H,18,21)/t13-/m0/s1. The summed E-state index contributed by atoms with van der Waals surface area (Å²) in [6.07, 6.45) is 0.552. The van der Waals surface area contributed by atoms with Crippen LogP contribution in [0.1, 0.15) is 28.2 Å². The maximum Gasteiger partial charge on any atom is 0.257 e. The number of carbonyl (C=O) groups excluding carboxylic acids is 2. The van der Waals surface area contributed by atoms with E-state index in [4.69, 9.17) is 16.1 Å². The number of nitrogens with one attached hydrogen (secondary N) is 1. The molecule has 1 fully saturated rings. The van der Waals surface area contributed by atoms with Gasteiger partial charge in [0.1, 0.15) is 17.4 Å². The van der Waals surface area contributed by atoms with Crippen LogP contribution < -0.4 is 10.2 Å². The summed E-state index contributed by atoms with van der Waals surface area (Å²) >= 11 is 5.86. The summed E-state index contributed by atoms with van der Waals surface area (Å²) in [7, 11) is 0. The number of anilines is 1. The minimum absolute atomic E-state index is 0.132. The van der Waals surface area contributed by atoms with Crippen LogP contribution in [0, 0.1) is 13.8 Å². The molecule has 2 heterocycles. The first kappa shape index (κ1) is 15.6. The average Bonchev–Trinajstić information content (AvgIpc) is 3.04. The summed E-state index contributed by atoms with van der Waals surface area (Å²) in [6, 6.07) is 6.50. The van der Waals surface area contributed by atoms with Gasteiger partial charge in [0.15, 0.2) is 0 Å². The molecule has 7 heteroatoms. The van der Waals surface area contributed by atoms with Gasteiger partial charge in [0.05, 0.1) is 5.69 Å². The molecule has 3 rings (SSSR count). The third-order valence-corrected chi connectivity index (χ3v) is 4.16. The molecule has 0 bridgehead atoms. The van der Waals surface area contributed by atoms with Crippen LogP contribution in [0.5, 0.6) is 0 Å². The van der Waals surface area contributed by atoms with E-state index in [1.54, 1.807) is 43.0 Å². The van der Waals surface area contributed by atoms with Crippen molar-refractivity contribution in [1.82, 2.24) is 10.5 Å². The molecule has 120 valence electrons. The normalized spacial score (nSPS) is 17.6. The van der Waals surface area contributed by atoms with Gasteiger partial charge in [0, 0.05) is 17.3 Å². The minimum Gasteiger partial charge on any atom is -0.361 e. The molecule has 1 saturated heterocycles. The molecular formula is C16H16ClN3O3. The zero-order chi connectivity index (χ0) is 16.6. The molecule has 0 radical (unpaired) electrons. The van der Waals surface area contributed by atoms with Crippen LogP contribution in [0.25, 0.3) is 0 Å².